The Kier molecular flexibility index (Phi) is 3.98. The highest BCUT2D eigenvalue weighted by molar-refractivity contribution is 5.67. The fourth-order valence-electron chi connectivity index (χ4n) is 2.35. The Balaban J connectivity index is 2.18. The number of rotatable bonds is 4. The molecule has 0 radical (unpaired) electrons. The van der Waals surface area contributed by atoms with E-state index in [9.17, 15) is 4.79 Å². The summed E-state index contributed by atoms with van der Waals surface area (Å²) in [4.78, 5) is 12.8. The number of nitrogens with zero attached hydrogens (tertiary/aromatic N) is 1. The minimum absolute atomic E-state index is 0.131. The first-order valence-electron chi connectivity index (χ1n) is 6.70. The molecule has 104 valence electrons. The highest BCUT2D eigenvalue weighted by atomic mass is 16.5. The normalized spacial score (nSPS) is 18.1. The number of fused-ring (bicyclic) bond motifs is 1. The van der Waals surface area contributed by atoms with Gasteiger partial charge in [0.15, 0.2) is 0 Å². The van der Waals surface area contributed by atoms with Gasteiger partial charge in [-0.15, -0.1) is 0 Å². The number of likely N-dealkylation sites (N-methyl/N-ethyl adjacent to an activating group) is 1. The third-order valence-electron chi connectivity index (χ3n) is 3.70. The van der Waals surface area contributed by atoms with E-state index in [0.29, 0.717) is 18.9 Å². The van der Waals surface area contributed by atoms with Crippen LogP contribution in [0.3, 0.4) is 0 Å². The van der Waals surface area contributed by atoms with Crippen LogP contribution in [0.2, 0.25) is 0 Å². The summed E-state index contributed by atoms with van der Waals surface area (Å²) in [6, 6.07) is 6.38. The minimum Gasteiger partial charge on any atom is -0.489 e. The van der Waals surface area contributed by atoms with Gasteiger partial charge in [-0.25, -0.2) is 0 Å². The van der Waals surface area contributed by atoms with E-state index < -0.39 is 5.97 Å². The number of aliphatic carboxylic acids is 1. The van der Waals surface area contributed by atoms with Gasteiger partial charge in [-0.2, -0.15) is 0 Å². The molecule has 1 aliphatic heterocycles. The summed E-state index contributed by atoms with van der Waals surface area (Å²) in [5, 5.41) is 8.78. The van der Waals surface area contributed by atoms with Crippen molar-refractivity contribution in [2.24, 2.45) is 0 Å². The number of benzene rings is 1. The molecule has 0 aromatic heterocycles. The average molecular weight is 263 g/mol. The molecule has 1 N–H and O–H groups in total. The maximum atomic E-state index is 10.7. The van der Waals surface area contributed by atoms with Crippen molar-refractivity contribution in [3.05, 3.63) is 23.8 Å². The zero-order valence-corrected chi connectivity index (χ0v) is 11.7. The van der Waals surface area contributed by atoms with E-state index in [1.54, 1.807) is 0 Å². The maximum Gasteiger partial charge on any atom is 0.303 e. The Morgan fingerprint density at radius 3 is 2.89 bits per heavy atom. The largest absolute Gasteiger partial charge is 0.489 e. The minimum atomic E-state index is -0.755. The van der Waals surface area contributed by atoms with Gasteiger partial charge in [-0.1, -0.05) is 19.9 Å². The molecule has 1 heterocycles. The quantitative estimate of drug-likeness (QED) is 0.907. The number of carboxylic acids is 1. The van der Waals surface area contributed by atoms with E-state index in [1.807, 2.05) is 13.1 Å². The smallest absolute Gasteiger partial charge is 0.303 e. The molecule has 19 heavy (non-hydrogen) atoms. The molecule has 0 aliphatic carbocycles. The average Bonchev–Trinajstić information content (AvgIpc) is 2.37. The third-order valence-corrected chi connectivity index (χ3v) is 3.70. The van der Waals surface area contributed by atoms with Crippen LogP contribution >= 0.6 is 0 Å². The van der Waals surface area contributed by atoms with Crippen molar-refractivity contribution in [2.45, 2.75) is 38.6 Å². The predicted octanol–water partition coefficient (Wildman–Crippen LogP) is 2.87. The SMILES string of the molecule is CC(C)c1ccc2c(c1)N(C)C(CCC(=O)O)CO2. The molecule has 4 heteroatoms. The van der Waals surface area contributed by atoms with Crippen molar-refractivity contribution in [1.29, 1.82) is 0 Å². The van der Waals surface area contributed by atoms with Gasteiger partial charge in [-0.05, 0) is 30.0 Å². The standard InChI is InChI=1S/C15H21NO3/c1-10(2)11-4-6-14-13(8-11)16(3)12(9-19-14)5-7-15(17)18/h4,6,8,10,12H,5,7,9H2,1-3H3,(H,17,18). The lowest BCUT2D eigenvalue weighted by molar-refractivity contribution is -0.137. The van der Waals surface area contributed by atoms with Gasteiger partial charge in [0.25, 0.3) is 0 Å². The van der Waals surface area contributed by atoms with Gasteiger partial charge in [-0.3, -0.25) is 4.79 Å². The molecular formula is C15H21NO3. The van der Waals surface area contributed by atoms with Crippen LogP contribution in [0.5, 0.6) is 5.75 Å². The molecule has 4 nitrogen and oxygen atoms in total. The summed E-state index contributed by atoms with van der Waals surface area (Å²) in [6.45, 7) is 4.87. The molecule has 1 aromatic carbocycles. The van der Waals surface area contributed by atoms with Crippen molar-refractivity contribution < 1.29 is 14.6 Å². The van der Waals surface area contributed by atoms with Crippen LogP contribution in [0.15, 0.2) is 18.2 Å². The summed E-state index contributed by atoms with van der Waals surface area (Å²) in [5.74, 6) is 0.603. The first kappa shape index (κ1) is 13.7. The van der Waals surface area contributed by atoms with Crippen molar-refractivity contribution in [1.82, 2.24) is 0 Å². The monoisotopic (exact) mass is 263 g/mol. The second-order valence-electron chi connectivity index (χ2n) is 5.39. The molecule has 1 unspecified atom stereocenters. The van der Waals surface area contributed by atoms with Gasteiger partial charge in [0.05, 0.1) is 11.7 Å². The summed E-state index contributed by atoms with van der Waals surface area (Å²) >= 11 is 0. The molecule has 0 saturated carbocycles. The van der Waals surface area contributed by atoms with Gasteiger partial charge in [0.1, 0.15) is 12.4 Å². The summed E-state index contributed by atoms with van der Waals surface area (Å²) in [7, 11) is 2.01. The molecule has 0 bridgehead atoms. The van der Waals surface area contributed by atoms with E-state index in [0.717, 1.165) is 11.4 Å². The van der Waals surface area contributed by atoms with Crippen LogP contribution in [0.25, 0.3) is 0 Å². The Bertz CT molecular complexity index is 470. The van der Waals surface area contributed by atoms with Crippen molar-refractivity contribution in [3.63, 3.8) is 0 Å². The second-order valence-corrected chi connectivity index (χ2v) is 5.39. The zero-order chi connectivity index (χ0) is 14.0. The van der Waals surface area contributed by atoms with E-state index in [-0.39, 0.29) is 12.5 Å². The van der Waals surface area contributed by atoms with Gasteiger partial charge >= 0.3 is 5.97 Å². The van der Waals surface area contributed by atoms with Crippen LogP contribution in [-0.4, -0.2) is 30.8 Å². The van der Waals surface area contributed by atoms with E-state index >= 15 is 0 Å². The third kappa shape index (κ3) is 3.00. The molecule has 1 atom stereocenters. The first-order chi connectivity index (χ1) is 8.99. The summed E-state index contributed by atoms with van der Waals surface area (Å²) in [6.07, 6.45) is 0.786. The zero-order valence-electron chi connectivity index (χ0n) is 11.7. The molecule has 0 spiro atoms. The van der Waals surface area contributed by atoms with Gasteiger partial charge < -0.3 is 14.7 Å². The number of hydrogen-bond donors (Lipinski definition) is 1. The van der Waals surface area contributed by atoms with Crippen molar-refractivity contribution >= 4 is 11.7 Å². The van der Waals surface area contributed by atoms with E-state index in [2.05, 4.69) is 30.9 Å². The van der Waals surface area contributed by atoms with Crippen LogP contribution in [0.1, 0.15) is 38.2 Å². The Hall–Kier alpha value is -1.71. The van der Waals surface area contributed by atoms with E-state index in [1.165, 1.54) is 5.56 Å². The fraction of sp³-hybridized carbons (Fsp3) is 0.533. The Labute approximate surface area is 114 Å². The van der Waals surface area contributed by atoms with Crippen molar-refractivity contribution in [2.75, 3.05) is 18.6 Å². The number of hydrogen-bond acceptors (Lipinski definition) is 3. The summed E-state index contributed by atoms with van der Waals surface area (Å²) < 4.78 is 5.74. The van der Waals surface area contributed by atoms with Gasteiger partial charge in [0, 0.05) is 13.5 Å². The molecule has 0 saturated heterocycles. The number of carboxylic acid groups (broad SMARTS) is 1. The lowest BCUT2D eigenvalue weighted by atomic mass is 10.0. The Morgan fingerprint density at radius 2 is 2.26 bits per heavy atom. The van der Waals surface area contributed by atoms with Crippen LogP contribution in [0, 0.1) is 0 Å². The number of carbonyl (C=O) groups is 1. The molecule has 1 aliphatic rings. The number of ether oxygens (including phenoxy) is 1. The lowest BCUT2D eigenvalue weighted by Gasteiger charge is -2.36. The molecule has 0 amide bonds. The topological polar surface area (TPSA) is 49.8 Å². The Morgan fingerprint density at radius 1 is 1.53 bits per heavy atom. The molecular weight excluding hydrogens is 242 g/mol. The lowest BCUT2D eigenvalue weighted by Crippen LogP contribution is -2.40. The molecule has 2 rings (SSSR count). The summed E-state index contributed by atoms with van der Waals surface area (Å²) in [5.41, 5.74) is 2.33. The second kappa shape index (κ2) is 5.51. The first-order valence-corrected chi connectivity index (χ1v) is 6.70. The van der Waals surface area contributed by atoms with Crippen molar-refractivity contribution in [3.8, 4) is 5.75 Å². The fourth-order valence-corrected chi connectivity index (χ4v) is 2.35. The van der Waals surface area contributed by atoms with Crippen LogP contribution < -0.4 is 9.64 Å². The maximum absolute atomic E-state index is 10.7. The number of anilines is 1. The molecule has 0 fully saturated rings. The highest BCUT2D eigenvalue weighted by Gasteiger charge is 2.25. The predicted molar refractivity (Wildman–Crippen MR) is 75.1 cm³/mol. The highest BCUT2D eigenvalue weighted by Crippen LogP contribution is 2.36. The van der Waals surface area contributed by atoms with Gasteiger partial charge in [0.2, 0.25) is 0 Å². The van der Waals surface area contributed by atoms with Crippen LogP contribution in [0.4, 0.5) is 5.69 Å². The van der Waals surface area contributed by atoms with E-state index in [4.69, 9.17) is 9.84 Å². The molecule has 1 aromatic rings. The van der Waals surface area contributed by atoms with Crippen LogP contribution in [-0.2, 0) is 4.79 Å².